The third-order valence-electron chi connectivity index (χ3n) is 3.13. The molecule has 0 N–H and O–H groups in total. The van der Waals surface area contributed by atoms with E-state index in [1.165, 1.54) is 0 Å². The van der Waals surface area contributed by atoms with Gasteiger partial charge < -0.3 is 9.15 Å². The number of rotatable bonds is 4. The molecule has 0 fully saturated rings. The molecule has 0 atom stereocenters. The van der Waals surface area contributed by atoms with E-state index in [9.17, 15) is 0 Å². The SMILES string of the molecule is COc1ccc(/C=C(\Cl)c2nnc(-c3ccc(Cl)cc3)o2)cc1. The van der Waals surface area contributed by atoms with Crippen LogP contribution in [0, 0.1) is 0 Å². The van der Waals surface area contributed by atoms with Crippen LogP contribution in [0.1, 0.15) is 11.5 Å². The molecule has 0 saturated carbocycles. The van der Waals surface area contributed by atoms with Crippen molar-refractivity contribution >= 4 is 34.3 Å². The van der Waals surface area contributed by atoms with Crippen LogP contribution < -0.4 is 4.74 Å². The Labute approximate surface area is 143 Å². The van der Waals surface area contributed by atoms with Gasteiger partial charge in [0, 0.05) is 10.6 Å². The summed E-state index contributed by atoms with van der Waals surface area (Å²) in [6.07, 6.45) is 1.75. The summed E-state index contributed by atoms with van der Waals surface area (Å²) in [5, 5.41) is 8.98. The third kappa shape index (κ3) is 3.73. The van der Waals surface area contributed by atoms with Crippen LogP contribution >= 0.6 is 23.2 Å². The van der Waals surface area contributed by atoms with Crippen LogP contribution in [0.2, 0.25) is 5.02 Å². The summed E-state index contributed by atoms with van der Waals surface area (Å²) in [5.41, 5.74) is 1.68. The lowest BCUT2D eigenvalue weighted by Gasteiger charge is -1.99. The molecular weight excluding hydrogens is 335 g/mol. The molecule has 1 heterocycles. The first kappa shape index (κ1) is 15.6. The number of aromatic nitrogens is 2. The summed E-state index contributed by atoms with van der Waals surface area (Å²) >= 11 is 12.1. The number of nitrogens with zero attached hydrogens (tertiary/aromatic N) is 2. The van der Waals surface area contributed by atoms with Crippen molar-refractivity contribution in [2.24, 2.45) is 0 Å². The van der Waals surface area contributed by atoms with Crippen LogP contribution in [0.25, 0.3) is 22.6 Å². The molecule has 116 valence electrons. The second-order valence-corrected chi connectivity index (χ2v) is 5.53. The normalized spacial score (nSPS) is 11.5. The van der Waals surface area contributed by atoms with E-state index in [2.05, 4.69) is 10.2 Å². The third-order valence-corrected chi connectivity index (χ3v) is 3.65. The Morgan fingerprint density at radius 2 is 1.74 bits per heavy atom. The highest BCUT2D eigenvalue weighted by atomic mass is 35.5. The maximum Gasteiger partial charge on any atom is 0.259 e. The molecule has 3 aromatic rings. The van der Waals surface area contributed by atoms with E-state index in [0.29, 0.717) is 15.9 Å². The van der Waals surface area contributed by atoms with E-state index in [1.807, 2.05) is 24.3 Å². The highest BCUT2D eigenvalue weighted by Crippen LogP contribution is 2.26. The van der Waals surface area contributed by atoms with Crippen molar-refractivity contribution in [3.05, 3.63) is 65.0 Å². The molecule has 2 aromatic carbocycles. The minimum atomic E-state index is 0.257. The van der Waals surface area contributed by atoms with E-state index in [0.717, 1.165) is 16.9 Å². The molecule has 0 aliphatic carbocycles. The second-order valence-electron chi connectivity index (χ2n) is 4.68. The van der Waals surface area contributed by atoms with E-state index >= 15 is 0 Å². The van der Waals surface area contributed by atoms with Gasteiger partial charge in [-0.1, -0.05) is 35.3 Å². The van der Waals surface area contributed by atoms with Gasteiger partial charge in [-0.25, -0.2) is 0 Å². The van der Waals surface area contributed by atoms with E-state index in [-0.39, 0.29) is 5.89 Å². The highest BCUT2D eigenvalue weighted by Gasteiger charge is 2.11. The van der Waals surface area contributed by atoms with Gasteiger partial charge in [0.25, 0.3) is 5.89 Å². The summed E-state index contributed by atoms with van der Waals surface area (Å²) in [6, 6.07) is 14.6. The van der Waals surface area contributed by atoms with E-state index < -0.39 is 0 Å². The minimum absolute atomic E-state index is 0.257. The van der Waals surface area contributed by atoms with Gasteiger partial charge in [-0.05, 0) is 48.0 Å². The largest absolute Gasteiger partial charge is 0.497 e. The zero-order valence-corrected chi connectivity index (χ0v) is 13.7. The van der Waals surface area contributed by atoms with Gasteiger partial charge in [0.2, 0.25) is 5.89 Å². The molecule has 0 radical (unpaired) electrons. The lowest BCUT2D eigenvalue weighted by Crippen LogP contribution is -1.82. The molecule has 4 nitrogen and oxygen atoms in total. The average molecular weight is 347 g/mol. The average Bonchev–Trinajstić information content (AvgIpc) is 3.06. The Balaban J connectivity index is 1.83. The minimum Gasteiger partial charge on any atom is -0.497 e. The number of hydrogen-bond acceptors (Lipinski definition) is 4. The Bertz CT molecular complexity index is 825. The molecule has 0 aliphatic rings. The van der Waals surface area contributed by atoms with Gasteiger partial charge in [0.05, 0.1) is 7.11 Å². The molecule has 0 unspecified atom stereocenters. The summed E-state index contributed by atoms with van der Waals surface area (Å²) in [7, 11) is 1.62. The molecule has 1 aromatic heterocycles. The number of halogens is 2. The van der Waals surface area contributed by atoms with Crippen molar-refractivity contribution in [3.8, 4) is 17.2 Å². The van der Waals surface area contributed by atoms with Crippen molar-refractivity contribution in [3.63, 3.8) is 0 Å². The van der Waals surface area contributed by atoms with Crippen molar-refractivity contribution in [2.75, 3.05) is 7.11 Å². The molecule has 6 heteroatoms. The van der Waals surface area contributed by atoms with E-state index in [1.54, 1.807) is 37.5 Å². The number of ether oxygens (including phenoxy) is 1. The summed E-state index contributed by atoms with van der Waals surface area (Å²) < 4.78 is 10.7. The number of benzene rings is 2. The topological polar surface area (TPSA) is 48.2 Å². The van der Waals surface area contributed by atoms with Crippen LogP contribution in [0.5, 0.6) is 5.75 Å². The number of hydrogen-bond donors (Lipinski definition) is 0. The van der Waals surface area contributed by atoms with Crippen LogP contribution in [-0.4, -0.2) is 17.3 Å². The molecule has 23 heavy (non-hydrogen) atoms. The Kier molecular flexibility index (Phi) is 4.65. The molecule has 0 saturated heterocycles. The lowest BCUT2D eigenvalue weighted by molar-refractivity contribution is 0.415. The van der Waals surface area contributed by atoms with Gasteiger partial charge in [-0.2, -0.15) is 0 Å². The van der Waals surface area contributed by atoms with Gasteiger partial charge >= 0.3 is 0 Å². The van der Waals surface area contributed by atoms with Gasteiger partial charge in [0.1, 0.15) is 10.8 Å². The first-order valence-corrected chi connectivity index (χ1v) is 7.52. The summed E-state index contributed by atoms with van der Waals surface area (Å²) in [4.78, 5) is 0. The van der Waals surface area contributed by atoms with Crippen LogP contribution in [0.3, 0.4) is 0 Å². The maximum absolute atomic E-state index is 6.25. The van der Waals surface area contributed by atoms with Crippen molar-refractivity contribution in [1.29, 1.82) is 0 Å². The van der Waals surface area contributed by atoms with E-state index in [4.69, 9.17) is 32.4 Å². The number of methoxy groups -OCH3 is 1. The van der Waals surface area contributed by atoms with Crippen LogP contribution in [0.4, 0.5) is 0 Å². The molecule has 0 bridgehead atoms. The first-order valence-electron chi connectivity index (χ1n) is 6.77. The monoisotopic (exact) mass is 346 g/mol. The van der Waals surface area contributed by atoms with Crippen molar-refractivity contribution < 1.29 is 9.15 Å². The van der Waals surface area contributed by atoms with Crippen LogP contribution in [0.15, 0.2) is 52.9 Å². The Hall–Kier alpha value is -2.30. The Morgan fingerprint density at radius 1 is 1.04 bits per heavy atom. The molecule has 0 spiro atoms. The predicted molar refractivity (Wildman–Crippen MR) is 91.5 cm³/mol. The first-order chi connectivity index (χ1) is 11.2. The zero-order chi connectivity index (χ0) is 16.2. The van der Waals surface area contributed by atoms with Crippen molar-refractivity contribution in [2.45, 2.75) is 0 Å². The second kappa shape index (κ2) is 6.86. The highest BCUT2D eigenvalue weighted by molar-refractivity contribution is 6.50. The zero-order valence-electron chi connectivity index (χ0n) is 12.2. The molecule has 3 rings (SSSR count). The quantitative estimate of drug-likeness (QED) is 0.656. The molecular formula is C17H12Cl2N2O2. The fraction of sp³-hybridized carbons (Fsp3) is 0.0588. The Morgan fingerprint density at radius 3 is 2.39 bits per heavy atom. The van der Waals surface area contributed by atoms with Gasteiger partial charge in [0.15, 0.2) is 0 Å². The molecule has 0 amide bonds. The fourth-order valence-corrected chi connectivity index (χ4v) is 2.27. The standard InChI is InChI=1S/C17H12Cl2N2O2/c1-22-14-8-2-11(3-9-14)10-15(19)17-21-20-16(23-17)12-4-6-13(18)7-5-12/h2-10H,1H3/b15-10-. The van der Waals surface area contributed by atoms with Gasteiger partial charge in [-0.3, -0.25) is 0 Å². The lowest BCUT2D eigenvalue weighted by atomic mass is 10.2. The summed E-state index contributed by atoms with van der Waals surface area (Å²) in [6.45, 7) is 0. The smallest absolute Gasteiger partial charge is 0.259 e. The predicted octanol–water partition coefficient (Wildman–Crippen LogP) is 5.14. The maximum atomic E-state index is 6.25. The molecule has 0 aliphatic heterocycles. The van der Waals surface area contributed by atoms with Gasteiger partial charge in [-0.15, -0.1) is 10.2 Å². The van der Waals surface area contributed by atoms with Crippen molar-refractivity contribution in [1.82, 2.24) is 10.2 Å². The fourth-order valence-electron chi connectivity index (χ4n) is 1.94. The van der Waals surface area contributed by atoms with Crippen LogP contribution in [-0.2, 0) is 0 Å². The summed E-state index contributed by atoms with van der Waals surface area (Å²) in [5.74, 6) is 1.42.